The average molecular weight is 266 g/mol. The minimum atomic E-state index is -0.443. The quantitative estimate of drug-likeness (QED) is 0.773. The lowest BCUT2D eigenvalue weighted by molar-refractivity contribution is -0.118. The van der Waals surface area contributed by atoms with E-state index in [4.69, 9.17) is 5.11 Å². The van der Waals surface area contributed by atoms with Gasteiger partial charge in [0.2, 0.25) is 5.91 Å². The summed E-state index contributed by atoms with van der Waals surface area (Å²) in [5.41, 5.74) is 0.0895. The van der Waals surface area contributed by atoms with Crippen LogP contribution in [0.15, 0.2) is 24.5 Å². The first-order chi connectivity index (χ1) is 8.99. The van der Waals surface area contributed by atoms with Crippen LogP contribution in [0.2, 0.25) is 0 Å². The number of aliphatic hydroxyl groups excluding tert-OH is 1. The van der Waals surface area contributed by atoms with Crippen molar-refractivity contribution in [3.8, 4) is 0 Å². The third-order valence-corrected chi connectivity index (χ3v) is 3.02. The summed E-state index contributed by atoms with van der Waals surface area (Å²) in [4.78, 5) is 15.4. The molecule has 0 bridgehead atoms. The molecular formula is C14H19FN2O2. The van der Waals surface area contributed by atoms with Gasteiger partial charge in [-0.3, -0.25) is 9.78 Å². The molecule has 0 aliphatic heterocycles. The fourth-order valence-electron chi connectivity index (χ4n) is 1.60. The van der Waals surface area contributed by atoms with Crippen LogP contribution < -0.4 is 5.32 Å². The zero-order valence-electron chi connectivity index (χ0n) is 11.2. The molecule has 2 N–H and O–H groups in total. The number of carbonyl (C=O) groups is 1. The Morgan fingerprint density at radius 2 is 2.32 bits per heavy atom. The standard InChI is InChI=1S/C14H19FN2O2/c1-3-14(2,6-7-18)17-13(19)5-4-11-8-12(15)10-16-9-11/h4-5,8-10,18H,3,6-7H2,1-2H3,(H,17,19)/b5-4+. The van der Waals surface area contributed by atoms with E-state index in [0.717, 1.165) is 6.20 Å². The SMILES string of the molecule is CCC(C)(CCO)NC(=O)/C=C/c1cncc(F)c1. The van der Waals surface area contributed by atoms with E-state index in [1.54, 1.807) is 0 Å². The Morgan fingerprint density at radius 1 is 1.58 bits per heavy atom. The van der Waals surface area contributed by atoms with Crippen molar-refractivity contribution >= 4 is 12.0 Å². The molecule has 0 fully saturated rings. The Hall–Kier alpha value is -1.75. The molecule has 19 heavy (non-hydrogen) atoms. The van der Waals surface area contributed by atoms with Crippen molar-refractivity contribution < 1.29 is 14.3 Å². The normalized spacial score (nSPS) is 14.3. The number of halogens is 1. The van der Waals surface area contributed by atoms with Crippen LogP contribution in [0.1, 0.15) is 32.3 Å². The van der Waals surface area contributed by atoms with Gasteiger partial charge < -0.3 is 10.4 Å². The number of rotatable bonds is 6. The lowest BCUT2D eigenvalue weighted by Gasteiger charge is -2.28. The summed E-state index contributed by atoms with van der Waals surface area (Å²) < 4.78 is 12.9. The zero-order valence-corrected chi connectivity index (χ0v) is 11.2. The maximum atomic E-state index is 12.9. The van der Waals surface area contributed by atoms with Gasteiger partial charge in [0.15, 0.2) is 0 Å². The van der Waals surface area contributed by atoms with Crippen molar-refractivity contribution in [3.05, 3.63) is 35.9 Å². The van der Waals surface area contributed by atoms with Gasteiger partial charge in [0.1, 0.15) is 5.82 Å². The van der Waals surface area contributed by atoms with Crippen LogP contribution in [0.3, 0.4) is 0 Å². The molecule has 1 aromatic rings. The number of amides is 1. The molecule has 1 heterocycles. The molecule has 104 valence electrons. The third kappa shape index (κ3) is 5.18. The highest BCUT2D eigenvalue weighted by atomic mass is 19.1. The lowest BCUT2D eigenvalue weighted by atomic mass is 9.95. The van der Waals surface area contributed by atoms with Gasteiger partial charge in [0.25, 0.3) is 0 Å². The Labute approximate surface area is 112 Å². The largest absolute Gasteiger partial charge is 0.396 e. The van der Waals surface area contributed by atoms with Crippen LogP contribution in [0.4, 0.5) is 4.39 Å². The molecular weight excluding hydrogens is 247 g/mol. The van der Waals surface area contributed by atoms with Crippen LogP contribution in [0.5, 0.6) is 0 Å². The van der Waals surface area contributed by atoms with Crippen molar-refractivity contribution in [2.45, 2.75) is 32.2 Å². The number of carbonyl (C=O) groups excluding carboxylic acids is 1. The van der Waals surface area contributed by atoms with Crippen molar-refractivity contribution in [1.82, 2.24) is 10.3 Å². The first kappa shape index (κ1) is 15.3. The van der Waals surface area contributed by atoms with Gasteiger partial charge in [0, 0.05) is 24.4 Å². The van der Waals surface area contributed by atoms with Crippen molar-refractivity contribution in [2.75, 3.05) is 6.61 Å². The van der Waals surface area contributed by atoms with Crippen LogP contribution in [0.25, 0.3) is 6.08 Å². The maximum Gasteiger partial charge on any atom is 0.244 e. The zero-order chi connectivity index (χ0) is 14.3. The monoisotopic (exact) mass is 266 g/mol. The Balaban J connectivity index is 2.64. The second kappa shape index (κ2) is 6.99. The summed E-state index contributed by atoms with van der Waals surface area (Å²) in [6.45, 7) is 3.83. The average Bonchev–Trinajstić information content (AvgIpc) is 2.37. The van der Waals surface area contributed by atoms with E-state index in [0.29, 0.717) is 18.4 Å². The minimum absolute atomic E-state index is 0.0160. The minimum Gasteiger partial charge on any atom is -0.396 e. The number of nitrogens with zero attached hydrogens (tertiary/aromatic N) is 1. The van der Waals surface area contributed by atoms with Crippen LogP contribution in [-0.2, 0) is 4.79 Å². The van der Waals surface area contributed by atoms with Crippen LogP contribution in [-0.4, -0.2) is 28.1 Å². The summed E-state index contributed by atoms with van der Waals surface area (Å²) in [5.74, 6) is -0.719. The van der Waals surface area contributed by atoms with E-state index < -0.39 is 11.4 Å². The van der Waals surface area contributed by atoms with E-state index in [1.807, 2.05) is 13.8 Å². The maximum absolute atomic E-state index is 12.9. The molecule has 5 heteroatoms. The molecule has 0 saturated heterocycles. The van der Waals surface area contributed by atoms with Gasteiger partial charge in [-0.1, -0.05) is 6.92 Å². The van der Waals surface area contributed by atoms with Gasteiger partial charge in [-0.25, -0.2) is 4.39 Å². The number of aliphatic hydroxyl groups is 1. The van der Waals surface area contributed by atoms with E-state index in [-0.39, 0.29) is 12.5 Å². The van der Waals surface area contributed by atoms with Gasteiger partial charge >= 0.3 is 0 Å². The summed E-state index contributed by atoms with van der Waals surface area (Å²) in [6.07, 6.45) is 6.62. The number of hydrogen-bond acceptors (Lipinski definition) is 3. The van der Waals surface area contributed by atoms with Crippen molar-refractivity contribution in [1.29, 1.82) is 0 Å². The predicted molar refractivity (Wildman–Crippen MR) is 71.8 cm³/mol. The highest BCUT2D eigenvalue weighted by Gasteiger charge is 2.22. The molecule has 1 unspecified atom stereocenters. The molecule has 0 saturated carbocycles. The molecule has 1 amide bonds. The fraction of sp³-hybridized carbons (Fsp3) is 0.429. The predicted octanol–water partition coefficient (Wildman–Crippen LogP) is 1.90. The van der Waals surface area contributed by atoms with Gasteiger partial charge in [-0.2, -0.15) is 0 Å². The molecule has 0 radical (unpaired) electrons. The Kier molecular flexibility index (Phi) is 5.63. The third-order valence-electron chi connectivity index (χ3n) is 3.02. The molecule has 4 nitrogen and oxygen atoms in total. The Morgan fingerprint density at radius 3 is 2.89 bits per heavy atom. The summed E-state index contributed by atoms with van der Waals surface area (Å²) >= 11 is 0. The summed E-state index contributed by atoms with van der Waals surface area (Å²) in [6, 6.07) is 1.30. The first-order valence-corrected chi connectivity index (χ1v) is 6.21. The van der Waals surface area contributed by atoms with Crippen LogP contribution in [0, 0.1) is 5.82 Å². The summed E-state index contributed by atoms with van der Waals surface area (Å²) in [5, 5.41) is 11.8. The molecule has 0 spiro atoms. The number of pyridine rings is 1. The second-order valence-electron chi connectivity index (χ2n) is 4.65. The van der Waals surface area contributed by atoms with Gasteiger partial charge in [0.05, 0.1) is 6.20 Å². The molecule has 1 aromatic heterocycles. The number of aromatic nitrogens is 1. The molecule has 0 aliphatic carbocycles. The smallest absolute Gasteiger partial charge is 0.244 e. The van der Waals surface area contributed by atoms with Crippen molar-refractivity contribution in [3.63, 3.8) is 0 Å². The molecule has 0 aliphatic rings. The number of nitrogens with one attached hydrogen (secondary N) is 1. The topological polar surface area (TPSA) is 62.2 Å². The second-order valence-corrected chi connectivity index (χ2v) is 4.65. The molecule has 0 aromatic carbocycles. The van der Waals surface area contributed by atoms with Crippen molar-refractivity contribution in [2.24, 2.45) is 0 Å². The highest BCUT2D eigenvalue weighted by molar-refractivity contribution is 5.92. The highest BCUT2D eigenvalue weighted by Crippen LogP contribution is 2.13. The molecule has 1 atom stereocenters. The van der Waals surface area contributed by atoms with Gasteiger partial charge in [-0.15, -0.1) is 0 Å². The van der Waals surface area contributed by atoms with Gasteiger partial charge in [-0.05, 0) is 37.5 Å². The Bertz CT molecular complexity index is 463. The fourth-order valence-corrected chi connectivity index (χ4v) is 1.60. The number of hydrogen-bond donors (Lipinski definition) is 2. The van der Waals surface area contributed by atoms with E-state index in [9.17, 15) is 9.18 Å². The first-order valence-electron chi connectivity index (χ1n) is 6.21. The van der Waals surface area contributed by atoms with E-state index in [2.05, 4.69) is 10.3 Å². The van der Waals surface area contributed by atoms with E-state index >= 15 is 0 Å². The molecule has 1 rings (SSSR count). The lowest BCUT2D eigenvalue weighted by Crippen LogP contribution is -2.45. The van der Waals surface area contributed by atoms with Crippen LogP contribution >= 0.6 is 0 Å². The van der Waals surface area contributed by atoms with E-state index in [1.165, 1.54) is 24.4 Å². The summed E-state index contributed by atoms with van der Waals surface area (Å²) in [7, 11) is 0.